The summed E-state index contributed by atoms with van der Waals surface area (Å²) < 4.78 is 0. The highest BCUT2D eigenvalue weighted by Gasteiger charge is 2.41. The number of hydrogen-bond donors (Lipinski definition) is 1. The molecule has 0 aromatic heterocycles. The molecule has 1 aliphatic carbocycles. The van der Waals surface area contributed by atoms with Crippen LogP contribution in [0.4, 0.5) is 0 Å². The van der Waals surface area contributed by atoms with Gasteiger partial charge in [0, 0.05) is 18.6 Å². The number of nitrogens with two attached hydrogens (primary N) is 1. The molecule has 3 atom stereocenters. The van der Waals surface area contributed by atoms with Crippen LogP contribution in [0.2, 0.25) is 0 Å². The van der Waals surface area contributed by atoms with E-state index in [0.717, 1.165) is 32.4 Å². The molecule has 2 fully saturated rings. The predicted octanol–water partition coefficient (Wildman–Crippen LogP) is 2.15. The molecule has 0 aromatic rings. The first-order chi connectivity index (χ1) is 8.04. The van der Waals surface area contributed by atoms with Crippen molar-refractivity contribution in [2.24, 2.45) is 17.6 Å². The summed E-state index contributed by atoms with van der Waals surface area (Å²) in [6, 6.07) is 0. The first kappa shape index (κ1) is 12.9. The van der Waals surface area contributed by atoms with Crippen molar-refractivity contribution in [1.29, 1.82) is 0 Å². The van der Waals surface area contributed by atoms with E-state index in [1.807, 2.05) is 0 Å². The zero-order valence-electron chi connectivity index (χ0n) is 11.2. The van der Waals surface area contributed by atoms with Gasteiger partial charge in [-0.25, -0.2) is 0 Å². The monoisotopic (exact) mass is 238 g/mol. The number of rotatable bonds is 2. The molecule has 3 unspecified atom stereocenters. The molecule has 0 spiro atoms. The van der Waals surface area contributed by atoms with Crippen LogP contribution in [0.1, 0.15) is 52.4 Å². The Bertz CT molecular complexity index is 288. The molecule has 2 N–H and O–H groups in total. The third kappa shape index (κ3) is 2.65. The van der Waals surface area contributed by atoms with Crippen molar-refractivity contribution < 1.29 is 4.79 Å². The first-order valence-electron chi connectivity index (χ1n) is 7.12. The van der Waals surface area contributed by atoms with Gasteiger partial charge in [-0.3, -0.25) is 4.79 Å². The standard InChI is InChI=1S/C14H26N2O/c1-3-11-7-9-16(10-11)13(17)12-6-4-5-8-14(12,2)15/h11-12H,3-10,15H2,1-2H3. The molecule has 3 heteroatoms. The highest BCUT2D eigenvalue weighted by atomic mass is 16.2. The van der Waals surface area contributed by atoms with Gasteiger partial charge in [-0.2, -0.15) is 0 Å². The molecule has 0 radical (unpaired) electrons. The van der Waals surface area contributed by atoms with Crippen molar-refractivity contribution in [3.05, 3.63) is 0 Å². The fourth-order valence-corrected chi connectivity index (χ4v) is 3.35. The minimum absolute atomic E-state index is 0.0619. The molecular formula is C14H26N2O. The second-order valence-electron chi connectivity index (χ2n) is 6.15. The van der Waals surface area contributed by atoms with Crippen LogP contribution >= 0.6 is 0 Å². The summed E-state index contributed by atoms with van der Waals surface area (Å²) in [5, 5.41) is 0. The van der Waals surface area contributed by atoms with Crippen LogP contribution in [0, 0.1) is 11.8 Å². The van der Waals surface area contributed by atoms with Crippen molar-refractivity contribution in [2.75, 3.05) is 13.1 Å². The quantitative estimate of drug-likeness (QED) is 0.801. The molecule has 17 heavy (non-hydrogen) atoms. The van der Waals surface area contributed by atoms with Gasteiger partial charge in [-0.1, -0.05) is 26.2 Å². The fraction of sp³-hybridized carbons (Fsp3) is 0.929. The molecule has 1 saturated carbocycles. The van der Waals surface area contributed by atoms with Crippen LogP contribution in [0.15, 0.2) is 0 Å². The summed E-state index contributed by atoms with van der Waals surface area (Å²) in [6.45, 7) is 6.18. The smallest absolute Gasteiger partial charge is 0.227 e. The minimum Gasteiger partial charge on any atom is -0.342 e. The summed E-state index contributed by atoms with van der Waals surface area (Å²) in [6.07, 6.45) is 6.68. The third-order valence-electron chi connectivity index (χ3n) is 4.73. The van der Waals surface area contributed by atoms with Gasteiger partial charge in [0.05, 0.1) is 5.92 Å². The van der Waals surface area contributed by atoms with Gasteiger partial charge < -0.3 is 10.6 Å². The Balaban J connectivity index is 1.99. The summed E-state index contributed by atoms with van der Waals surface area (Å²) in [5.41, 5.74) is 6.03. The number of carbonyl (C=O) groups is 1. The van der Waals surface area contributed by atoms with Crippen LogP contribution in [0.25, 0.3) is 0 Å². The molecule has 98 valence electrons. The van der Waals surface area contributed by atoms with E-state index in [9.17, 15) is 4.79 Å². The first-order valence-corrected chi connectivity index (χ1v) is 7.12. The second-order valence-corrected chi connectivity index (χ2v) is 6.15. The van der Waals surface area contributed by atoms with E-state index < -0.39 is 0 Å². The van der Waals surface area contributed by atoms with Gasteiger partial charge in [0.2, 0.25) is 5.91 Å². The van der Waals surface area contributed by atoms with Gasteiger partial charge in [-0.15, -0.1) is 0 Å². The molecule has 0 aromatic carbocycles. The Hall–Kier alpha value is -0.570. The Morgan fingerprint density at radius 2 is 2.18 bits per heavy atom. The summed E-state index contributed by atoms with van der Waals surface area (Å²) in [7, 11) is 0. The molecule has 1 saturated heterocycles. The number of hydrogen-bond acceptors (Lipinski definition) is 2. The van der Waals surface area contributed by atoms with Crippen LogP contribution in [-0.4, -0.2) is 29.4 Å². The van der Waals surface area contributed by atoms with Crippen molar-refractivity contribution in [2.45, 2.75) is 57.9 Å². The maximum Gasteiger partial charge on any atom is 0.227 e. The Morgan fingerprint density at radius 3 is 2.76 bits per heavy atom. The largest absolute Gasteiger partial charge is 0.342 e. The lowest BCUT2D eigenvalue weighted by Crippen LogP contribution is -2.53. The zero-order valence-corrected chi connectivity index (χ0v) is 11.2. The van der Waals surface area contributed by atoms with Crippen molar-refractivity contribution >= 4 is 5.91 Å². The van der Waals surface area contributed by atoms with E-state index >= 15 is 0 Å². The van der Waals surface area contributed by atoms with Crippen LogP contribution in [0.5, 0.6) is 0 Å². The molecule has 1 heterocycles. The third-order valence-corrected chi connectivity index (χ3v) is 4.73. The van der Waals surface area contributed by atoms with E-state index in [1.54, 1.807) is 0 Å². The number of amides is 1. The SMILES string of the molecule is CCC1CCN(C(=O)C2CCCCC2(C)N)C1. The highest BCUT2D eigenvalue weighted by molar-refractivity contribution is 5.80. The molecule has 2 rings (SSSR count). The molecule has 2 aliphatic rings. The summed E-state index contributed by atoms with van der Waals surface area (Å²) >= 11 is 0. The lowest BCUT2D eigenvalue weighted by molar-refractivity contribution is -0.137. The molecule has 1 amide bonds. The predicted molar refractivity (Wildman–Crippen MR) is 69.5 cm³/mol. The van der Waals surface area contributed by atoms with Crippen LogP contribution in [-0.2, 0) is 4.79 Å². The lowest BCUT2D eigenvalue weighted by Gasteiger charge is -2.39. The fourth-order valence-electron chi connectivity index (χ4n) is 3.35. The zero-order chi connectivity index (χ0) is 12.5. The number of likely N-dealkylation sites (tertiary alicyclic amines) is 1. The van der Waals surface area contributed by atoms with E-state index in [0.29, 0.717) is 11.8 Å². The van der Waals surface area contributed by atoms with Crippen LogP contribution in [0.3, 0.4) is 0 Å². The Labute approximate surface area is 105 Å². The van der Waals surface area contributed by atoms with E-state index in [2.05, 4.69) is 18.7 Å². The Morgan fingerprint density at radius 1 is 1.41 bits per heavy atom. The van der Waals surface area contributed by atoms with Gasteiger partial charge in [0.25, 0.3) is 0 Å². The maximum absolute atomic E-state index is 12.5. The van der Waals surface area contributed by atoms with Crippen molar-refractivity contribution in [1.82, 2.24) is 4.90 Å². The van der Waals surface area contributed by atoms with Gasteiger partial charge in [-0.05, 0) is 32.1 Å². The van der Waals surface area contributed by atoms with E-state index in [1.165, 1.54) is 19.3 Å². The molecule has 3 nitrogen and oxygen atoms in total. The van der Waals surface area contributed by atoms with Gasteiger partial charge >= 0.3 is 0 Å². The van der Waals surface area contributed by atoms with Crippen molar-refractivity contribution in [3.63, 3.8) is 0 Å². The van der Waals surface area contributed by atoms with Crippen molar-refractivity contribution in [3.8, 4) is 0 Å². The summed E-state index contributed by atoms with van der Waals surface area (Å²) in [5.74, 6) is 1.10. The van der Waals surface area contributed by atoms with E-state index in [-0.39, 0.29) is 11.5 Å². The van der Waals surface area contributed by atoms with Gasteiger partial charge in [0.15, 0.2) is 0 Å². The molecule has 0 bridgehead atoms. The molecule has 1 aliphatic heterocycles. The summed E-state index contributed by atoms with van der Waals surface area (Å²) in [4.78, 5) is 14.6. The topological polar surface area (TPSA) is 46.3 Å². The van der Waals surface area contributed by atoms with Crippen LogP contribution < -0.4 is 5.73 Å². The van der Waals surface area contributed by atoms with E-state index in [4.69, 9.17) is 5.73 Å². The highest BCUT2D eigenvalue weighted by Crippen LogP contribution is 2.34. The normalized spacial score (nSPS) is 38.4. The molecular weight excluding hydrogens is 212 g/mol. The number of carbonyl (C=O) groups excluding carboxylic acids is 1. The van der Waals surface area contributed by atoms with Gasteiger partial charge in [0.1, 0.15) is 0 Å². The number of nitrogens with zero attached hydrogens (tertiary/aromatic N) is 1. The minimum atomic E-state index is -0.278. The maximum atomic E-state index is 12.5. The average Bonchev–Trinajstić information content (AvgIpc) is 2.76. The second kappa shape index (κ2) is 4.97. The average molecular weight is 238 g/mol. The Kier molecular flexibility index (Phi) is 3.76. The lowest BCUT2D eigenvalue weighted by atomic mass is 9.74.